The van der Waals surface area contributed by atoms with E-state index in [9.17, 15) is 5.11 Å². The zero-order chi connectivity index (χ0) is 26.5. The molecule has 1 saturated carbocycles. The standard InChI is InChI=1S/C31H30FN5O2/c1-36-11-4-6-22(36)10-12-39-31-34-29-26(30(35-31)37-17-19-8-9-20(13-19)18-37)16-33-28(27(29)32)25-15-23(38)14-21-5-2-3-7-24(21)25/h2-7,11,14-16,19-20,38H,8-10,12-13,17-18H2,1H3. The number of aromatic hydroxyl groups is 1. The molecule has 198 valence electrons. The lowest BCUT2D eigenvalue weighted by Crippen LogP contribution is -2.37. The Bertz CT molecular complexity index is 1690. The third kappa shape index (κ3) is 4.33. The average Bonchev–Trinajstić information content (AvgIpc) is 3.51. The smallest absolute Gasteiger partial charge is 0.319 e. The fraction of sp³-hybridized carbons (Fsp3) is 0.323. The maximum absolute atomic E-state index is 16.4. The van der Waals surface area contributed by atoms with Crippen LogP contribution in [0.1, 0.15) is 25.0 Å². The van der Waals surface area contributed by atoms with Crippen LogP contribution in [-0.2, 0) is 13.5 Å². The van der Waals surface area contributed by atoms with Gasteiger partial charge in [-0.1, -0.05) is 24.3 Å². The molecule has 4 heterocycles. The lowest BCUT2D eigenvalue weighted by molar-refractivity contribution is 0.294. The first-order valence-corrected chi connectivity index (χ1v) is 13.6. The topological polar surface area (TPSA) is 76.3 Å². The molecule has 3 aromatic heterocycles. The van der Waals surface area contributed by atoms with E-state index in [4.69, 9.17) is 9.72 Å². The molecule has 1 aliphatic carbocycles. The number of benzene rings is 2. The molecular weight excluding hydrogens is 493 g/mol. The number of hydrogen-bond acceptors (Lipinski definition) is 6. The number of phenols is 1. The Morgan fingerprint density at radius 1 is 1.03 bits per heavy atom. The predicted octanol–water partition coefficient (Wildman–Crippen LogP) is 5.89. The highest BCUT2D eigenvalue weighted by Gasteiger charge is 2.34. The summed E-state index contributed by atoms with van der Waals surface area (Å²) in [6, 6.07) is 15.0. The van der Waals surface area contributed by atoms with Gasteiger partial charge in [0, 0.05) is 50.2 Å². The summed E-state index contributed by atoms with van der Waals surface area (Å²) >= 11 is 0. The van der Waals surface area contributed by atoms with Gasteiger partial charge in [0.1, 0.15) is 22.8 Å². The monoisotopic (exact) mass is 523 g/mol. The fourth-order valence-corrected chi connectivity index (χ4v) is 6.39. The summed E-state index contributed by atoms with van der Waals surface area (Å²) in [5.74, 6) is 1.46. The summed E-state index contributed by atoms with van der Waals surface area (Å²) in [6.45, 7) is 2.17. The first-order chi connectivity index (χ1) is 19.0. The van der Waals surface area contributed by atoms with Gasteiger partial charge in [0.25, 0.3) is 0 Å². The molecule has 5 aromatic rings. The number of anilines is 1. The van der Waals surface area contributed by atoms with Crippen molar-refractivity contribution in [3.63, 3.8) is 0 Å². The van der Waals surface area contributed by atoms with E-state index in [2.05, 4.69) is 25.5 Å². The molecule has 0 radical (unpaired) electrons. The molecule has 2 bridgehead atoms. The summed E-state index contributed by atoms with van der Waals surface area (Å²) in [4.78, 5) is 16.2. The maximum Gasteiger partial charge on any atom is 0.319 e. The van der Waals surface area contributed by atoms with Crippen LogP contribution >= 0.6 is 0 Å². The zero-order valence-electron chi connectivity index (χ0n) is 21.8. The van der Waals surface area contributed by atoms with Crippen LogP contribution in [0.2, 0.25) is 0 Å². The number of rotatable bonds is 6. The van der Waals surface area contributed by atoms with Crippen LogP contribution in [0, 0.1) is 17.7 Å². The second-order valence-electron chi connectivity index (χ2n) is 10.9. The molecule has 7 nitrogen and oxygen atoms in total. The highest BCUT2D eigenvalue weighted by Crippen LogP contribution is 2.41. The van der Waals surface area contributed by atoms with Crippen LogP contribution < -0.4 is 9.64 Å². The van der Waals surface area contributed by atoms with E-state index in [1.54, 1.807) is 18.3 Å². The van der Waals surface area contributed by atoms with Gasteiger partial charge in [-0.05, 0) is 66.1 Å². The Labute approximate surface area is 225 Å². The second kappa shape index (κ2) is 9.52. The summed E-state index contributed by atoms with van der Waals surface area (Å²) in [5.41, 5.74) is 1.99. The lowest BCUT2D eigenvalue weighted by Gasteiger charge is -2.33. The van der Waals surface area contributed by atoms with Crippen LogP contribution in [0.3, 0.4) is 0 Å². The fourth-order valence-electron chi connectivity index (χ4n) is 6.39. The Morgan fingerprint density at radius 2 is 1.85 bits per heavy atom. The van der Waals surface area contributed by atoms with Gasteiger partial charge in [-0.15, -0.1) is 0 Å². The average molecular weight is 524 g/mol. The predicted molar refractivity (Wildman–Crippen MR) is 150 cm³/mol. The number of aryl methyl sites for hydroxylation is 1. The SMILES string of the molecule is Cn1cccc1CCOc1nc(N2CC3CCC(C3)C2)c2cnc(-c3cc(O)cc4ccccc34)c(F)c2n1. The normalized spacial score (nSPS) is 18.8. The van der Waals surface area contributed by atoms with E-state index < -0.39 is 5.82 Å². The van der Waals surface area contributed by atoms with Crippen LogP contribution in [0.15, 0.2) is 60.9 Å². The molecule has 2 unspecified atom stereocenters. The van der Waals surface area contributed by atoms with Crippen LogP contribution in [0.5, 0.6) is 11.8 Å². The second-order valence-corrected chi connectivity index (χ2v) is 10.9. The molecular formula is C31H30FN5O2. The molecule has 0 spiro atoms. The molecule has 2 aromatic carbocycles. The van der Waals surface area contributed by atoms with Crippen molar-refractivity contribution in [3.05, 3.63) is 72.4 Å². The Balaban J connectivity index is 1.33. The number of pyridine rings is 1. The van der Waals surface area contributed by atoms with Gasteiger partial charge < -0.3 is 19.3 Å². The van der Waals surface area contributed by atoms with Gasteiger partial charge in [-0.2, -0.15) is 9.97 Å². The molecule has 39 heavy (non-hydrogen) atoms. The number of halogens is 1. The largest absolute Gasteiger partial charge is 0.508 e. The molecule has 1 N–H and O–H groups in total. The van der Waals surface area contributed by atoms with Crippen molar-refractivity contribution < 1.29 is 14.2 Å². The molecule has 1 saturated heterocycles. The van der Waals surface area contributed by atoms with Gasteiger partial charge in [-0.25, -0.2) is 4.39 Å². The quantitative estimate of drug-likeness (QED) is 0.299. The van der Waals surface area contributed by atoms with Crippen molar-refractivity contribution in [2.45, 2.75) is 25.7 Å². The van der Waals surface area contributed by atoms with Crippen molar-refractivity contribution in [1.82, 2.24) is 19.5 Å². The molecule has 2 fully saturated rings. The number of aromatic nitrogens is 4. The minimum Gasteiger partial charge on any atom is -0.508 e. The van der Waals surface area contributed by atoms with Crippen molar-refractivity contribution in [3.8, 4) is 23.0 Å². The van der Waals surface area contributed by atoms with Crippen molar-refractivity contribution >= 4 is 27.5 Å². The van der Waals surface area contributed by atoms with E-state index in [0.717, 1.165) is 29.6 Å². The van der Waals surface area contributed by atoms with Crippen molar-refractivity contribution in [1.29, 1.82) is 0 Å². The number of fused-ring (bicyclic) bond motifs is 4. The number of ether oxygens (including phenoxy) is 1. The first kappa shape index (κ1) is 23.9. The van der Waals surface area contributed by atoms with Crippen LogP contribution in [0.4, 0.5) is 10.2 Å². The van der Waals surface area contributed by atoms with Gasteiger partial charge in [-0.3, -0.25) is 4.98 Å². The third-order valence-corrected chi connectivity index (χ3v) is 8.29. The molecule has 0 amide bonds. The van der Waals surface area contributed by atoms with Gasteiger partial charge >= 0.3 is 6.01 Å². The summed E-state index contributed by atoms with van der Waals surface area (Å²) in [7, 11) is 2.00. The van der Waals surface area contributed by atoms with E-state index in [0.29, 0.717) is 41.6 Å². The number of piperidine rings is 1. The van der Waals surface area contributed by atoms with Crippen LogP contribution in [-0.4, -0.2) is 44.3 Å². The molecule has 7 rings (SSSR count). The van der Waals surface area contributed by atoms with E-state index in [1.807, 2.05) is 43.6 Å². The van der Waals surface area contributed by atoms with E-state index >= 15 is 4.39 Å². The molecule has 8 heteroatoms. The van der Waals surface area contributed by atoms with Crippen LogP contribution in [0.25, 0.3) is 32.9 Å². The lowest BCUT2D eigenvalue weighted by atomic mass is 9.98. The third-order valence-electron chi connectivity index (χ3n) is 8.29. The maximum atomic E-state index is 16.4. The van der Waals surface area contributed by atoms with Gasteiger partial charge in [0.05, 0.1) is 12.0 Å². The van der Waals surface area contributed by atoms with Crippen molar-refractivity contribution in [2.75, 3.05) is 24.6 Å². The Kier molecular flexibility index (Phi) is 5.83. The number of nitrogens with zero attached hydrogens (tertiary/aromatic N) is 5. The van der Waals surface area contributed by atoms with Crippen molar-refractivity contribution in [2.24, 2.45) is 18.9 Å². The molecule has 2 atom stereocenters. The summed E-state index contributed by atoms with van der Waals surface area (Å²) < 4.78 is 24.5. The van der Waals surface area contributed by atoms with Gasteiger partial charge in [0.2, 0.25) is 0 Å². The number of hydrogen-bond donors (Lipinski definition) is 1. The molecule has 1 aliphatic heterocycles. The first-order valence-electron chi connectivity index (χ1n) is 13.6. The van der Waals surface area contributed by atoms with Gasteiger partial charge in [0.15, 0.2) is 5.82 Å². The number of phenolic OH excluding ortho intramolecular Hbond substituents is 1. The highest BCUT2D eigenvalue weighted by atomic mass is 19.1. The Hall–Kier alpha value is -4.20. The minimum absolute atomic E-state index is 0.0573. The Morgan fingerprint density at radius 3 is 2.64 bits per heavy atom. The summed E-state index contributed by atoms with van der Waals surface area (Å²) in [6.07, 6.45) is 8.07. The summed E-state index contributed by atoms with van der Waals surface area (Å²) in [5, 5.41) is 12.6. The zero-order valence-corrected chi connectivity index (χ0v) is 21.8. The van der Waals surface area contributed by atoms with E-state index in [1.165, 1.54) is 19.3 Å². The minimum atomic E-state index is -0.542. The van der Waals surface area contributed by atoms with E-state index in [-0.39, 0.29) is 23.0 Å². The molecule has 2 aliphatic rings. The highest BCUT2D eigenvalue weighted by molar-refractivity contribution is 5.99.